The predicted molar refractivity (Wildman–Crippen MR) is 38.8 cm³/mol. The van der Waals surface area contributed by atoms with Crippen LogP contribution in [0.5, 0.6) is 0 Å². The first-order valence-electron chi connectivity index (χ1n) is 3.70. The minimum absolute atomic E-state index is 0.218. The van der Waals surface area contributed by atoms with Crippen molar-refractivity contribution in [3.63, 3.8) is 0 Å². The maximum Gasteiger partial charge on any atom is 0.110 e. The van der Waals surface area contributed by atoms with E-state index in [1.165, 1.54) is 0 Å². The molecule has 0 aromatic heterocycles. The molecule has 60 valence electrons. The molecule has 1 N–H and O–H groups in total. The van der Waals surface area contributed by atoms with Crippen molar-refractivity contribution in [3.8, 4) is 0 Å². The van der Waals surface area contributed by atoms with Crippen LogP contribution in [0.25, 0.3) is 0 Å². The van der Waals surface area contributed by atoms with E-state index in [1.807, 2.05) is 0 Å². The molecular formula is C7H15NO2. The van der Waals surface area contributed by atoms with Gasteiger partial charge in [-0.25, -0.2) is 0 Å². The zero-order chi connectivity index (χ0) is 7.40. The molecule has 1 aliphatic rings. The Morgan fingerprint density at radius 1 is 1.70 bits per heavy atom. The summed E-state index contributed by atoms with van der Waals surface area (Å²) in [4.78, 5) is 0. The predicted octanol–water partition coefficient (Wildman–Crippen LogP) is 0.357. The number of hydrogen-bond donors (Lipinski definition) is 1. The van der Waals surface area contributed by atoms with E-state index < -0.39 is 0 Å². The molecule has 0 saturated carbocycles. The number of nitrogens with one attached hydrogen (secondary N) is 1. The van der Waals surface area contributed by atoms with Gasteiger partial charge in [-0.2, -0.15) is 0 Å². The Bertz CT molecular complexity index is 97.6. The summed E-state index contributed by atoms with van der Waals surface area (Å²) in [5.74, 6) is 0. The SMILES string of the molecule is COCCC1NCC(C)O1. The maximum atomic E-state index is 5.47. The summed E-state index contributed by atoms with van der Waals surface area (Å²) >= 11 is 0. The molecule has 3 heteroatoms. The van der Waals surface area contributed by atoms with Gasteiger partial charge in [-0.3, -0.25) is 5.32 Å². The average Bonchev–Trinajstić information content (AvgIpc) is 2.31. The first-order chi connectivity index (χ1) is 4.83. The molecule has 1 rings (SSSR count). The molecule has 0 bridgehead atoms. The van der Waals surface area contributed by atoms with Gasteiger partial charge in [-0.1, -0.05) is 0 Å². The van der Waals surface area contributed by atoms with Gasteiger partial charge in [0.1, 0.15) is 6.23 Å². The lowest BCUT2D eigenvalue weighted by Crippen LogP contribution is -2.23. The summed E-state index contributed by atoms with van der Waals surface area (Å²) in [5.41, 5.74) is 0. The van der Waals surface area contributed by atoms with Crippen LogP contribution < -0.4 is 5.32 Å². The lowest BCUT2D eigenvalue weighted by atomic mass is 10.4. The Hall–Kier alpha value is -0.120. The van der Waals surface area contributed by atoms with E-state index in [-0.39, 0.29) is 6.23 Å². The van der Waals surface area contributed by atoms with Gasteiger partial charge in [0, 0.05) is 26.7 Å². The van der Waals surface area contributed by atoms with Crippen molar-refractivity contribution in [1.29, 1.82) is 0 Å². The molecule has 0 amide bonds. The minimum atomic E-state index is 0.218. The molecule has 0 aromatic carbocycles. The van der Waals surface area contributed by atoms with E-state index in [0.717, 1.165) is 19.6 Å². The minimum Gasteiger partial charge on any atom is -0.385 e. The largest absolute Gasteiger partial charge is 0.385 e. The number of rotatable bonds is 3. The first kappa shape index (κ1) is 7.98. The van der Waals surface area contributed by atoms with Gasteiger partial charge in [0.05, 0.1) is 6.10 Å². The van der Waals surface area contributed by atoms with Gasteiger partial charge < -0.3 is 9.47 Å². The van der Waals surface area contributed by atoms with Gasteiger partial charge in [0.15, 0.2) is 0 Å². The number of ether oxygens (including phenoxy) is 2. The molecule has 0 aliphatic carbocycles. The van der Waals surface area contributed by atoms with Crippen molar-refractivity contribution in [2.75, 3.05) is 20.3 Å². The summed E-state index contributed by atoms with van der Waals surface area (Å²) in [5, 5.41) is 3.24. The zero-order valence-corrected chi connectivity index (χ0v) is 6.59. The monoisotopic (exact) mass is 145 g/mol. The van der Waals surface area contributed by atoms with Crippen molar-refractivity contribution in [3.05, 3.63) is 0 Å². The second kappa shape index (κ2) is 3.91. The van der Waals surface area contributed by atoms with E-state index in [0.29, 0.717) is 6.10 Å². The maximum absolute atomic E-state index is 5.47. The Morgan fingerprint density at radius 3 is 3.00 bits per heavy atom. The highest BCUT2D eigenvalue weighted by molar-refractivity contribution is 4.68. The molecule has 1 saturated heterocycles. The quantitative estimate of drug-likeness (QED) is 0.622. The molecule has 1 aliphatic heterocycles. The number of hydrogen-bond acceptors (Lipinski definition) is 3. The lowest BCUT2D eigenvalue weighted by Gasteiger charge is -2.08. The highest BCUT2D eigenvalue weighted by Crippen LogP contribution is 2.06. The third-order valence-corrected chi connectivity index (χ3v) is 1.61. The topological polar surface area (TPSA) is 30.5 Å². The molecule has 2 unspecified atom stereocenters. The van der Waals surface area contributed by atoms with E-state index in [1.54, 1.807) is 7.11 Å². The third-order valence-electron chi connectivity index (χ3n) is 1.61. The second-order valence-electron chi connectivity index (χ2n) is 2.63. The van der Waals surface area contributed by atoms with Gasteiger partial charge >= 0.3 is 0 Å². The van der Waals surface area contributed by atoms with Crippen molar-refractivity contribution in [2.45, 2.75) is 25.7 Å². The van der Waals surface area contributed by atoms with E-state index in [9.17, 15) is 0 Å². The summed E-state index contributed by atoms with van der Waals surface area (Å²) in [7, 11) is 1.71. The molecule has 1 heterocycles. The normalized spacial score (nSPS) is 33.0. The highest BCUT2D eigenvalue weighted by Gasteiger charge is 2.19. The van der Waals surface area contributed by atoms with Crippen LogP contribution in [0.4, 0.5) is 0 Å². The van der Waals surface area contributed by atoms with Crippen molar-refractivity contribution in [1.82, 2.24) is 5.32 Å². The van der Waals surface area contributed by atoms with Gasteiger partial charge in [0.2, 0.25) is 0 Å². The Labute approximate surface area is 61.7 Å². The van der Waals surface area contributed by atoms with Crippen LogP contribution in [0.1, 0.15) is 13.3 Å². The Kier molecular flexibility index (Phi) is 3.12. The van der Waals surface area contributed by atoms with Gasteiger partial charge in [-0.15, -0.1) is 0 Å². The van der Waals surface area contributed by atoms with Crippen LogP contribution in [-0.2, 0) is 9.47 Å². The van der Waals surface area contributed by atoms with E-state index in [2.05, 4.69) is 12.2 Å². The molecular weight excluding hydrogens is 130 g/mol. The van der Waals surface area contributed by atoms with Crippen LogP contribution >= 0.6 is 0 Å². The molecule has 0 radical (unpaired) electrons. The molecule has 1 fully saturated rings. The summed E-state index contributed by atoms with van der Waals surface area (Å²) in [6.45, 7) is 3.80. The zero-order valence-electron chi connectivity index (χ0n) is 6.59. The molecule has 0 spiro atoms. The fourth-order valence-electron chi connectivity index (χ4n) is 1.07. The van der Waals surface area contributed by atoms with Crippen LogP contribution in [0.15, 0.2) is 0 Å². The van der Waals surface area contributed by atoms with E-state index >= 15 is 0 Å². The Morgan fingerprint density at radius 2 is 2.50 bits per heavy atom. The fraction of sp³-hybridized carbons (Fsp3) is 1.00. The fourth-order valence-corrected chi connectivity index (χ4v) is 1.07. The van der Waals surface area contributed by atoms with Crippen molar-refractivity contribution < 1.29 is 9.47 Å². The summed E-state index contributed by atoms with van der Waals surface area (Å²) in [6, 6.07) is 0. The van der Waals surface area contributed by atoms with Crippen LogP contribution in [0.3, 0.4) is 0 Å². The van der Waals surface area contributed by atoms with Crippen LogP contribution in [0.2, 0.25) is 0 Å². The van der Waals surface area contributed by atoms with Crippen molar-refractivity contribution in [2.24, 2.45) is 0 Å². The lowest BCUT2D eigenvalue weighted by molar-refractivity contribution is 0.0294. The molecule has 2 atom stereocenters. The first-order valence-corrected chi connectivity index (χ1v) is 3.70. The van der Waals surface area contributed by atoms with E-state index in [4.69, 9.17) is 9.47 Å². The van der Waals surface area contributed by atoms with Crippen molar-refractivity contribution >= 4 is 0 Å². The third kappa shape index (κ3) is 2.25. The van der Waals surface area contributed by atoms with Crippen LogP contribution in [-0.4, -0.2) is 32.6 Å². The highest BCUT2D eigenvalue weighted by atomic mass is 16.5. The molecule has 10 heavy (non-hydrogen) atoms. The smallest absolute Gasteiger partial charge is 0.110 e. The number of methoxy groups -OCH3 is 1. The standard InChI is InChI=1S/C7H15NO2/c1-6-5-8-7(10-6)3-4-9-2/h6-8H,3-5H2,1-2H3. The van der Waals surface area contributed by atoms with Crippen LogP contribution in [0, 0.1) is 0 Å². The second-order valence-corrected chi connectivity index (χ2v) is 2.63. The summed E-state index contributed by atoms with van der Waals surface area (Å²) < 4.78 is 10.4. The molecule has 0 aromatic rings. The average molecular weight is 145 g/mol. The van der Waals surface area contributed by atoms with Gasteiger partial charge in [-0.05, 0) is 6.92 Å². The van der Waals surface area contributed by atoms with Gasteiger partial charge in [0.25, 0.3) is 0 Å². The molecule has 3 nitrogen and oxygen atoms in total. The summed E-state index contributed by atoms with van der Waals surface area (Å²) in [6.07, 6.45) is 1.53. The Balaban J connectivity index is 2.06.